The molecule has 0 saturated carbocycles. The second-order valence-electron chi connectivity index (χ2n) is 15.5. The molecule has 0 aliphatic heterocycles. The van der Waals surface area contributed by atoms with Gasteiger partial charge in [-0.3, -0.25) is 19.2 Å². The van der Waals surface area contributed by atoms with Crippen molar-refractivity contribution in [3.8, 4) is 0 Å². The van der Waals surface area contributed by atoms with Gasteiger partial charge in [-0.05, 0) is 82.7 Å². The summed E-state index contributed by atoms with van der Waals surface area (Å²) in [5, 5.41) is 20.8. The van der Waals surface area contributed by atoms with Crippen LogP contribution in [0.25, 0.3) is 0 Å². The van der Waals surface area contributed by atoms with E-state index in [2.05, 4.69) is 28.2 Å². The van der Waals surface area contributed by atoms with Gasteiger partial charge in [0, 0.05) is 6.42 Å². The molecule has 0 aromatic heterocycles. The van der Waals surface area contributed by atoms with E-state index in [9.17, 15) is 29.1 Å². The predicted molar refractivity (Wildman–Crippen MR) is 210 cm³/mol. The summed E-state index contributed by atoms with van der Waals surface area (Å²) in [6.07, 6.45) is 19.9. The highest BCUT2D eigenvalue weighted by molar-refractivity contribution is 5.95. The van der Waals surface area contributed by atoms with Crippen molar-refractivity contribution in [2.75, 3.05) is 13.1 Å². The van der Waals surface area contributed by atoms with Crippen LogP contribution in [0.1, 0.15) is 176 Å². The molecule has 4 atom stereocenters. The predicted octanol–water partition coefficient (Wildman–Crippen LogP) is 5.84. The lowest BCUT2D eigenvalue weighted by atomic mass is 9.99. The van der Waals surface area contributed by atoms with Gasteiger partial charge in [-0.15, -0.1) is 0 Å². The van der Waals surface area contributed by atoms with E-state index in [-0.39, 0.29) is 30.6 Å². The number of rotatable bonds is 34. The smallest absolute Gasteiger partial charge is 0.326 e. The second-order valence-corrected chi connectivity index (χ2v) is 15.5. The molecule has 0 heterocycles. The summed E-state index contributed by atoms with van der Waals surface area (Å²) in [6, 6.07) is -3.86. The Labute approximate surface area is 315 Å². The number of carboxylic acid groups (broad SMARTS) is 1. The molecule has 12 nitrogen and oxygen atoms in total. The van der Waals surface area contributed by atoms with Crippen LogP contribution in [0.15, 0.2) is 0 Å². The van der Waals surface area contributed by atoms with Crippen molar-refractivity contribution in [3.05, 3.63) is 0 Å². The molecule has 0 rings (SSSR count). The molecule has 0 spiro atoms. The molecule has 304 valence electrons. The maximum absolute atomic E-state index is 13.7. The first kappa shape index (κ1) is 49.3. The molecule has 0 radical (unpaired) electrons. The number of aliphatic carboxylic acids is 1. The van der Waals surface area contributed by atoms with Gasteiger partial charge in [0.25, 0.3) is 0 Å². The number of carboxylic acids is 1. The van der Waals surface area contributed by atoms with Crippen molar-refractivity contribution in [2.24, 2.45) is 23.3 Å². The lowest BCUT2D eigenvalue weighted by Gasteiger charge is -2.27. The Morgan fingerprint density at radius 3 is 1.23 bits per heavy atom. The van der Waals surface area contributed by atoms with Crippen molar-refractivity contribution in [1.29, 1.82) is 0 Å². The van der Waals surface area contributed by atoms with E-state index in [1.165, 1.54) is 64.2 Å². The number of hydrogen-bond donors (Lipinski definition) is 7. The van der Waals surface area contributed by atoms with Gasteiger partial charge in [-0.2, -0.15) is 0 Å². The van der Waals surface area contributed by atoms with Crippen molar-refractivity contribution >= 4 is 29.6 Å². The first-order chi connectivity index (χ1) is 24.9. The first-order valence-corrected chi connectivity index (χ1v) is 20.7. The van der Waals surface area contributed by atoms with Gasteiger partial charge in [-0.25, -0.2) is 4.79 Å². The van der Waals surface area contributed by atoms with E-state index in [1.807, 2.05) is 27.7 Å². The quantitative estimate of drug-likeness (QED) is 0.0398. The molecular formula is C40H78N6O6. The zero-order valence-corrected chi connectivity index (χ0v) is 33.6. The largest absolute Gasteiger partial charge is 0.480 e. The zero-order chi connectivity index (χ0) is 39.1. The van der Waals surface area contributed by atoms with Crippen LogP contribution < -0.4 is 32.7 Å². The van der Waals surface area contributed by atoms with E-state index in [1.54, 1.807) is 0 Å². The van der Waals surface area contributed by atoms with E-state index >= 15 is 0 Å². The minimum atomic E-state index is -1.15. The van der Waals surface area contributed by atoms with Gasteiger partial charge in [0.1, 0.15) is 24.2 Å². The Hall–Kier alpha value is -2.73. The fraction of sp³-hybridized carbons (Fsp3) is 0.875. The fourth-order valence-corrected chi connectivity index (χ4v) is 6.30. The molecule has 4 amide bonds. The molecule has 12 heteroatoms. The highest BCUT2D eigenvalue weighted by atomic mass is 16.4. The molecule has 9 N–H and O–H groups in total. The van der Waals surface area contributed by atoms with Crippen molar-refractivity contribution in [2.45, 2.75) is 200 Å². The topological polar surface area (TPSA) is 206 Å². The summed E-state index contributed by atoms with van der Waals surface area (Å²) in [4.78, 5) is 65.3. The van der Waals surface area contributed by atoms with Gasteiger partial charge >= 0.3 is 5.97 Å². The molecular weight excluding hydrogens is 660 g/mol. The van der Waals surface area contributed by atoms with Crippen molar-refractivity contribution in [1.82, 2.24) is 21.3 Å². The first-order valence-electron chi connectivity index (χ1n) is 20.7. The van der Waals surface area contributed by atoms with E-state index in [0.29, 0.717) is 58.0 Å². The summed E-state index contributed by atoms with van der Waals surface area (Å²) in [7, 11) is 0. The minimum Gasteiger partial charge on any atom is -0.480 e. The third-order valence-corrected chi connectivity index (χ3v) is 9.35. The molecule has 0 aromatic rings. The van der Waals surface area contributed by atoms with Gasteiger partial charge in [0.05, 0.1) is 0 Å². The summed E-state index contributed by atoms with van der Waals surface area (Å²) in [5.41, 5.74) is 11.2. The minimum absolute atomic E-state index is 0.0201. The normalized spacial score (nSPS) is 13.7. The summed E-state index contributed by atoms with van der Waals surface area (Å²) in [5.74, 6) is -2.85. The molecule has 0 aliphatic carbocycles. The molecule has 0 aliphatic rings. The zero-order valence-electron chi connectivity index (χ0n) is 33.6. The molecule has 0 fully saturated rings. The van der Waals surface area contributed by atoms with E-state index < -0.39 is 47.9 Å². The SMILES string of the molecule is CCCCCCCCCCCCCCCC(=O)N[C@@H](CCCCN)C(=O)N[C@@H](CC(C)C)C(=O)N[C@H](CC(C)C)C(=O)N[C@@H](CCCCN)C(=O)O. The summed E-state index contributed by atoms with van der Waals surface area (Å²) >= 11 is 0. The third-order valence-electron chi connectivity index (χ3n) is 9.35. The van der Waals surface area contributed by atoms with Crippen LogP contribution in [-0.4, -0.2) is 72.0 Å². The average Bonchev–Trinajstić information content (AvgIpc) is 3.08. The summed E-state index contributed by atoms with van der Waals surface area (Å²) < 4.78 is 0. The number of nitrogens with one attached hydrogen (secondary N) is 4. The molecule has 0 aromatic carbocycles. The Kier molecular flexibility index (Phi) is 30.1. The highest BCUT2D eigenvalue weighted by Gasteiger charge is 2.32. The van der Waals surface area contributed by atoms with Crippen LogP contribution in [0, 0.1) is 11.8 Å². The highest BCUT2D eigenvalue weighted by Crippen LogP contribution is 2.14. The second kappa shape index (κ2) is 31.8. The van der Waals surface area contributed by atoms with Gasteiger partial charge in [-0.1, -0.05) is 112 Å². The number of carbonyl (C=O) groups excluding carboxylic acids is 4. The lowest BCUT2D eigenvalue weighted by Crippen LogP contribution is -2.58. The van der Waals surface area contributed by atoms with E-state index in [4.69, 9.17) is 11.5 Å². The fourth-order valence-electron chi connectivity index (χ4n) is 6.30. The number of carbonyl (C=O) groups is 5. The van der Waals surface area contributed by atoms with Crippen molar-refractivity contribution < 1.29 is 29.1 Å². The van der Waals surface area contributed by atoms with Crippen LogP contribution in [0.4, 0.5) is 0 Å². The maximum Gasteiger partial charge on any atom is 0.326 e. The molecule has 52 heavy (non-hydrogen) atoms. The average molecular weight is 739 g/mol. The van der Waals surface area contributed by atoms with Crippen LogP contribution in [0.2, 0.25) is 0 Å². The lowest BCUT2D eigenvalue weighted by molar-refractivity contribution is -0.142. The van der Waals surface area contributed by atoms with Crippen LogP contribution >= 0.6 is 0 Å². The van der Waals surface area contributed by atoms with Crippen molar-refractivity contribution in [3.63, 3.8) is 0 Å². The third kappa shape index (κ3) is 26.1. The Morgan fingerprint density at radius 1 is 0.481 bits per heavy atom. The number of hydrogen-bond acceptors (Lipinski definition) is 7. The van der Waals surface area contributed by atoms with Gasteiger partial charge in [0.2, 0.25) is 23.6 Å². The molecule has 0 bridgehead atoms. The van der Waals surface area contributed by atoms with Gasteiger partial charge in [0.15, 0.2) is 0 Å². The summed E-state index contributed by atoms with van der Waals surface area (Å²) in [6.45, 7) is 10.8. The maximum atomic E-state index is 13.7. The van der Waals surface area contributed by atoms with E-state index in [0.717, 1.165) is 19.3 Å². The Balaban J connectivity index is 5.24. The Morgan fingerprint density at radius 2 is 0.846 bits per heavy atom. The number of unbranched alkanes of at least 4 members (excludes halogenated alkanes) is 14. The van der Waals surface area contributed by atoms with Gasteiger partial charge < -0.3 is 37.8 Å². The molecule has 0 saturated heterocycles. The van der Waals surface area contributed by atoms with Crippen LogP contribution in [0.5, 0.6) is 0 Å². The monoisotopic (exact) mass is 739 g/mol. The standard InChI is InChI=1S/C40H78N6O6/c1-6-7-8-9-10-11-12-13-14-15-16-17-18-25-36(47)43-32(23-19-21-26-41)37(48)45-35(29-31(4)5)39(50)46-34(28-30(2)3)38(49)44-33(40(51)52)24-20-22-27-42/h30-35H,6-29,41-42H2,1-5H3,(H,43,47)(H,44,49)(H,45,48)(H,46,50)(H,51,52)/t32-,33-,34+,35-/m0/s1. The van der Waals surface area contributed by atoms with Crippen LogP contribution in [0.3, 0.4) is 0 Å². The Bertz CT molecular complexity index is 978. The van der Waals surface area contributed by atoms with Crippen LogP contribution in [-0.2, 0) is 24.0 Å². The molecule has 0 unspecified atom stereocenters. The number of nitrogens with two attached hydrogens (primary N) is 2. The number of amides is 4.